The van der Waals surface area contributed by atoms with Crippen LogP contribution in [0.4, 0.5) is 0 Å². The minimum atomic E-state index is -3.22. The third-order valence-electron chi connectivity index (χ3n) is 5.51. The first-order valence-electron chi connectivity index (χ1n) is 11.3. The number of carbonyl (C=O) groups excluding carboxylic acids is 1. The molecule has 2 aromatic heterocycles. The van der Waals surface area contributed by atoms with Crippen LogP contribution in [0, 0.1) is 0 Å². The third kappa shape index (κ3) is 5.74. The summed E-state index contributed by atoms with van der Waals surface area (Å²) in [6.45, 7) is 4.31. The van der Waals surface area contributed by atoms with E-state index in [-0.39, 0.29) is 28.8 Å². The number of amides is 1. The van der Waals surface area contributed by atoms with Crippen LogP contribution in [0.25, 0.3) is 11.3 Å². The Balaban J connectivity index is 1.45. The van der Waals surface area contributed by atoms with Crippen molar-refractivity contribution in [3.63, 3.8) is 0 Å². The summed E-state index contributed by atoms with van der Waals surface area (Å²) >= 11 is 0. The molecule has 1 atom stereocenters. The molecule has 0 spiro atoms. The molecule has 1 amide bonds. The summed E-state index contributed by atoms with van der Waals surface area (Å²) in [5, 5.41) is 2.72. The quantitative estimate of drug-likeness (QED) is 0.468. The Kier molecular flexibility index (Phi) is 7.16. The lowest BCUT2D eigenvalue weighted by atomic mass is 10.1. The van der Waals surface area contributed by atoms with Crippen molar-refractivity contribution in [2.24, 2.45) is 0 Å². The molecule has 1 N–H and O–H groups in total. The Bertz CT molecular complexity index is 1260. The van der Waals surface area contributed by atoms with E-state index in [4.69, 9.17) is 4.74 Å². The standard InChI is InChI=1S/C24H27N5O4S/c1-3-19(20-11-12-26-22(27-20)15-34(31,32)18-9-10-18)29-24(30)17-7-5-16(6-8-17)21-13-25-14-23(28-21)33-4-2/h5-8,11-14,18-19H,3-4,9-10,15H2,1-2H3,(H,29,30). The molecule has 3 aromatic rings. The number of nitrogens with zero attached hydrogens (tertiary/aromatic N) is 4. The first-order chi connectivity index (χ1) is 16.4. The van der Waals surface area contributed by atoms with E-state index in [0.717, 1.165) is 5.56 Å². The minimum absolute atomic E-state index is 0.176. The van der Waals surface area contributed by atoms with Gasteiger partial charge in [-0.15, -0.1) is 0 Å². The summed E-state index contributed by atoms with van der Waals surface area (Å²) in [4.78, 5) is 30.0. The molecule has 178 valence electrons. The van der Waals surface area contributed by atoms with Crippen LogP contribution >= 0.6 is 0 Å². The van der Waals surface area contributed by atoms with E-state index >= 15 is 0 Å². The van der Waals surface area contributed by atoms with E-state index in [2.05, 4.69) is 25.3 Å². The molecule has 0 saturated heterocycles. The van der Waals surface area contributed by atoms with Gasteiger partial charge in [0.05, 0.1) is 41.7 Å². The number of ether oxygens (including phenoxy) is 1. The number of nitrogens with one attached hydrogen (secondary N) is 1. The maximum absolute atomic E-state index is 12.9. The molecule has 1 aliphatic rings. The van der Waals surface area contributed by atoms with Gasteiger partial charge in [-0.05, 0) is 44.4 Å². The molecule has 10 heteroatoms. The van der Waals surface area contributed by atoms with Gasteiger partial charge in [0.1, 0.15) is 11.6 Å². The molecule has 1 unspecified atom stereocenters. The first kappa shape index (κ1) is 23.7. The van der Waals surface area contributed by atoms with Gasteiger partial charge in [-0.25, -0.2) is 23.4 Å². The number of hydrogen-bond acceptors (Lipinski definition) is 8. The summed E-state index contributed by atoms with van der Waals surface area (Å²) < 4.78 is 30.0. The summed E-state index contributed by atoms with van der Waals surface area (Å²) in [7, 11) is -3.22. The minimum Gasteiger partial charge on any atom is -0.477 e. The average Bonchev–Trinajstić information content (AvgIpc) is 3.69. The first-order valence-corrected chi connectivity index (χ1v) is 13.0. The fourth-order valence-electron chi connectivity index (χ4n) is 3.53. The normalized spacial score (nSPS) is 14.4. The second-order valence-electron chi connectivity index (χ2n) is 8.09. The zero-order chi connectivity index (χ0) is 24.1. The molecule has 0 radical (unpaired) electrons. The summed E-state index contributed by atoms with van der Waals surface area (Å²) in [5.74, 6) is 0.280. The fourth-order valence-corrected chi connectivity index (χ4v) is 5.12. The Morgan fingerprint density at radius 1 is 1.12 bits per heavy atom. The van der Waals surface area contributed by atoms with Crippen molar-refractivity contribution in [3.05, 3.63) is 66.0 Å². The van der Waals surface area contributed by atoms with Gasteiger partial charge in [0.25, 0.3) is 5.91 Å². The van der Waals surface area contributed by atoms with Crippen molar-refractivity contribution in [2.45, 2.75) is 50.2 Å². The second-order valence-corrected chi connectivity index (χ2v) is 10.4. The molecule has 2 heterocycles. The predicted molar refractivity (Wildman–Crippen MR) is 127 cm³/mol. The molecular weight excluding hydrogens is 454 g/mol. The Hall–Kier alpha value is -3.40. The molecule has 1 aliphatic carbocycles. The highest BCUT2D eigenvalue weighted by atomic mass is 32.2. The van der Waals surface area contributed by atoms with Gasteiger partial charge >= 0.3 is 0 Å². The number of sulfone groups is 1. The van der Waals surface area contributed by atoms with Crippen LogP contribution < -0.4 is 10.1 Å². The largest absolute Gasteiger partial charge is 0.477 e. The van der Waals surface area contributed by atoms with Crippen molar-refractivity contribution in [3.8, 4) is 17.1 Å². The van der Waals surface area contributed by atoms with Crippen LogP contribution in [0.15, 0.2) is 48.9 Å². The number of carbonyl (C=O) groups is 1. The predicted octanol–water partition coefficient (Wildman–Crippen LogP) is 3.29. The van der Waals surface area contributed by atoms with Crippen molar-refractivity contribution < 1.29 is 17.9 Å². The third-order valence-corrected chi connectivity index (χ3v) is 7.66. The van der Waals surface area contributed by atoms with Crippen LogP contribution in [0.5, 0.6) is 5.88 Å². The number of rotatable bonds is 10. The average molecular weight is 482 g/mol. The number of aromatic nitrogens is 4. The Labute approximate surface area is 199 Å². The highest BCUT2D eigenvalue weighted by molar-refractivity contribution is 7.91. The van der Waals surface area contributed by atoms with Crippen molar-refractivity contribution in [1.82, 2.24) is 25.3 Å². The lowest BCUT2D eigenvalue weighted by Crippen LogP contribution is -2.29. The Morgan fingerprint density at radius 2 is 1.88 bits per heavy atom. The number of benzene rings is 1. The van der Waals surface area contributed by atoms with Crippen molar-refractivity contribution in [2.75, 3.05) is 6.61 Å². The molecule has 1 fully saturated rings. The monoisotopic (exact) mass is 481 g/mol. The topological polar surface area (TPSA) is 124 Å². The lowest BCUT2D eigenvalue weighted by molar-refractivity contribution is 0.0934. The maximum Gasteiger partial charge on any atom is 0.251 e. The molecule has 9 nitrogen and oxygen atoms in total. The van der Waals surface area contributed by atoms with E-state index in [1.807, 2.05) is 13.8 Å². The molecule has 4 rings (SSSR count). The van der Waals surface area contributed by atoms with Crippen LogP contribution in [0.1, 0.15) is 61.0 Å². The maximum atomic E-state index is 12.9. The second kappa shape index (κ2) is 10.3. The molecule has 1 aromatic carbocycles. The zero-order valence-corrected chi connectivity index (χ0v) is 20.0. The highest BCUT2D eigenvalue weighted by Crippen LogP contribution is 2.30. The smallest absolute Gasteiger partial charge is 0.251 e. The van der Waals surface area contributed by atoms with Gasteiger partial charge in [-0.1, -0.05) is 19.1 Å². The van der Waals surface area contributed by atoms with E-state index < -0.39 is 9.84 Å². The van der Waals surface area contributed by atoms with Crippen LogP contribution in [0.3, 0.4) is 0 Å². The van der Waals surface area contributed by atoms with Gasteiger partial charge in [0.2, 0.25) is 5.88 Å². The van der Waals surface area contributed by atoms with E-state index in [1.54, 1.807) is 48.9 Å². The van der Waals surface area contributed by atoms with Gasteiger partial charge in [0, 0.05) is 17.3 Å². The van der Waals surface area contributed by atoms with Gasteiger partial charge in [-0.3, -0.25) is 9.78 Å². The fraction of sp³-hybridized carbons (Fsp3) is 0.375. The van der Waals surface area contributed by atoms with Gasteiger partial charge < -0.3 is 10.1 Å². The van der Waals surface area contributed by atoms with Crippen molar-refractivity contribution in [1.29, 1.82) is 0 Å². The van der Waals surface area contributed by atoms with Gasteiger partial charge in [0.15, 0.2) is 9.84 Å². The van der Waals surface area contributed by atoms with Gasteiger partial charge in [-0.2, -0.15) is 0 Å². The van der Waals surface area contributed by atoms with Crippen LogP contribution in [-0.4, -0.2) is 46.1 Å². The Morgan fingerprint density at radius 3 is 2.56 bits per heavy atom. The summed E-state index contributed by atoms with van der Waals surface area (Å²) in [6.07, 6.45) is 6.75. The highest BCUT2D eigenvalue weighted by Gasteiger charge is 2.36. The zero-order valence-electron chi connectivity index (χ0n) is 19.1. The molecular formula is C24H27N5O4S. The van der Waals surface area contributed by atoms with E-state index in [9.17, 15) is 13.2 Å². The molecule has 34 heavy (non-hydrogen) atoms. The van der Waals surface area contributed by atoms with E-state index in [0.29, 0.717) is 48.7 Å². The van der Waals surface area contributed by atoms with E-state index in [1.165, 1.54) is 0 Å². The summed E-state index contributed by atoms with van der Waals surface area (Å²) in [6, 6.07) is 8.39. The molecule has 1 saturated carbocycles. The lowest BCUT2D eigenvalue weighted by Gasteiger charge is -2.17. The molecule has 0 bridgehead atoms. The van der Waals surface area contributed by atoms with Crippen LogP contribution in [-0.2, 0) is 15.6 Å². The number of hydrogen-bond donors (Lipinski definition) is 1. The molecule has 0 aliphatic heterocycles. The van der Waals surface area contributed by atoms with Crippen LogP contribution in [0.2, 0.25) is 0 Å². The van der Waals surface area contributed by atoms with Crippen molar-refractivity contribution >= 4 is 15.7 Å². The SMILES string of the molecule is CCOc1cncc(-c2ccc(C(=O)NC(CC)c3ccnc(CS(=O)(=O)C4CC4)n3)cc2)n1. The summed E-state index contributed by atoms with van der Waals surface area (Å²) in [5.41, 5.74) is 2.54.